The van der Waals surface area contributed by atoms with E-state index in [1.807, 2.05) is 0 Å². The number of nitrogens with zero attached hydrogens (tertiary/aromatic N) is 1. The van der Waals surface area contributed by atoms with Crippen LogP contribution in [-0.4, -0.2) is 23.4 Å². The first kappa shape index (κ1) is 17.6. The summed E-state index contributed by atoms with van der Waals surface area (Å²) in [5.41, 5.74) is 1.65. The fourth-order valence-corrected chi connectivity index (χ4v) is 2.73. The molecule has 0 aliphatic carbocycles. The number of carbonyl (C=O) groups excluding carboxylic acids is 1. The molecule has 0 saturated carbocycles. The highest BCUT2D eigenvalue weighted by atomic mass is 35.5. The third kappa shape index (κ3) is 4.27. The van der Waals surface area contributed by atoms with E-state index in [4.69, 9.17) is 27.6 Å². The maximum atomic E-state index is 12.8. The number of aromatic nitrogens is 1. The summed E-state index contributed by atoms with van der Waals surface area (Å²) in [6.45, 7) is -0.0120. The van der Waals surface area contributed by atoms with Crippen LogP contribution < -0.4 is 5.32 Å². The van der Waals surface area contributed by atoms with E-state index in [1.165, 1.54) is 12.1 Å². The number of fused-ring (bicyclic) bond motifs is 1. The second-order valence-electron chi connectivity index (χ2n) is 5.61. The van der Waals surface area contributed by atoms with Gasteiger partial charge in [-0.2, -0.15) is 0 Å². The molecule has 25 heavy (non-hydrogen) atoms. The van der Waals surface area contributed by atoms with Gasteiger partial charge in [0.15, 0.2) is 5.58 Å². The molecule has 0 atom stereocenters. The van der Waals surface area contributed by atoms with Crippen LogP contribution in [0.3, 0.4) is 0 Å². The van der Waals surface area contributed by atoms with Gasteiger partial charge in [-0.15, -0.1) is 0 Å². The zero-order chi connectivity index (χ0) is 18.2. The first-order valence-corrected chi connectivity index (χ1v) is 8.00. The standard InChI is InChI=1S/C17H12Cl2F2N2O2/c1-17(20,21)8-22-15(24)9-2-3-13-14(6-9)25-16(23-13)10-4-11(18)7-12(19)5-10/h2-7H,8H2,1H3,(H,22,24). The summed E-state index contributed by atoms with van der Waals surface area (Å²) >= 11 is 11.9. The molecule has 0 saturated heterocycles. The average molecular weight is 385 g/mol. The van der Waals surface area contributed by atoms with Crippen molar-refractivity contribution in [1.82, 2.24) is 10.3 Å². The summed E-state index contributed by atoms with van der Waals surface area (Å²) in [7, 11) is 0. The van der Waals surface area contributed by atoms with Crippen molar-refractivity contribution >= 4 is 40.2 Å². The number of hydrogen-bond donors (Lipinski definition) is 1. The van der Waals surface area contributed by atoms with Crippen molar-refractivity contribution in [1.29, 1.82) is 0 Å². The average Bonchev–Trinajstić information content (AvgIpc) is 2.94. The molecule has 0 radical (unpaired) electrons. The van der Waals surface area contributed by atoms with Crippen LogP contribution >= 0.6 is 23.2 Å². The summed E-state index contributed by atoms with van der Waals surface area (Å²) < 4.78 is 31.3. The smallest absolute Gasteiger partial charge is 0.262 e. The fourth-order valence-electron chi connectivity index (χ4n) is 2.20. The van der Waals surface area contributed by atoms with E-state index in [-0.39, 0.29) is 11.5 Å². The Kier molecular flexibility index (Phi) is 4.67. The molecule has 130 valence electrons. The maximum absolute atomic E-state index is 12.8. The van der Waals surface area contributed by atoms with Crippen LogP contribution in [0.4, 0.5) is 8.78 Å². The van der Waals surface area contributed by atoms with Gasteiger partial charge in [0.05, 0.1) is 6.54 Å². The Morgan fingerprint density at radius 3 is 2.52 bits per heavy atom. The summed E-state index contributed by atoms with van der Waals surface area (Å²) in [6.07, 6.45) is 0. The van der Waals surface area contributed by atoms with Crippen LogP contribution in [0.5, 0.6) is 0 Å². The summed E-state index contributed by atoms with van der Waals surface area (Å²) in [5.74, 6) is -3.31. The monoisotopic (exact) mass is 384 g/mol. The zero-order valence-corrected chi connectivity index (χ0v) is 14.5. The van der Waals surface area contributed by atoms with Crippen LogP contribution in [0, 0.1) is 0 Å². The lowest BCUT2D eigenvalue weighted by molar-refractivity contribution is 0.0221. The summed E-state index contributed by atoms with van der Waals surface area (Å²) in [6, 6.07) is 9.39. The van der Waals surface area contributed by atoms with Crippen molar-refractivity contribution < 1.29 is 18.0 Å². The first-order chi connectivity index (χ1) is 11.7. The minimum atomic E-state index is -2.98. The SMILES string of the molecule is CC(F)(F)CNC(=O)c1ccc2nc(-c3cc(Cl)cc(Cl)c3)oc2c1. The zero-order valence-electron chi connectivity index (χ0n) is 12.9. The lowest BCUT2D eigenvalue weighted by atomic mass is 10.2. The van der Waals surface area contributed by atoms with Crippen LogP contribution in [-0.2, 0) is 0 Å². The molecule has 2 aromatic carbocycles. The van der Waals surface area contributed by atoms with Crippen LogP contribution in [0.15, 0.2) is 40.8 Å². The number of benzene rings is 2. The topological polar surface area (TPSA) is 55.1 Å². The van der Waals surface area contributed by atoms with Gasteiger partial charge in [0.2, 0.25) is 5.89 Å². The Morgan fingerprint density at radius 1 is 1.20 bits per heavy atom. The second kappa shape index (κ2) is 6.61. The van der Waals surface area contributed by atoms with Crippen molar-refractivity contribution in [2.24, 2.45) is 0 Å². The molecule has 0 unspecified atom stereocenters. The van der Waals surface area contributed by atoms with Gasteiger partial charge < -0.3 is 9.73 Å². The molecule has 0 spiro atoms. The molecule has 0 aliphatic rings. The predicted octanol–water partition coefficient (Wildman–Crippen LogP) is 5.19. The van der Waals surface area contributed by atoms with E-state index in [0.29, 0.717) is 26.7 Å². The number of hydrogen-bond acceptors (Lipinski definition) is 3. The molecule has 4 nitrogen and oxygen atoms in total. The van der Waals surface area contributed by atoms with Crippen molar-refractivity contribution in [3.63, 3.8) is 0 Å². The molecule has 1 amide bonds. The van der Waals surface area contributed by atoms with Crippen LogP contribution in [0.1, 0.15) is 17.3 Å². The van der Waals surface area contributed by atoms with Gasteiger partial charge in [0, 0.05) is 28.1 Å². The molecule has 8 heteroatoms. The van der Waals surface area contributed by atoms with E-state index >= 15 is 0 Å². The van der Waals surface area contributed by atoms with Crippen molar-refractivity contribution in [3.8, 4) is 11.5 Å². The Bertz CT molecular complexity index is 931. The first-order valence-electron chi connectivity index (χ1n) is 7.24. The van der Waals surface area contributed by atoms with Gasteiger partial charge in [-0.3, -0.25) is 4.79 Å². The number of rotatable bonds is 4. The third-order valence-corrected chi connectivity index (χ3v) is 3.76. The van der Waals surface area contributed by atoms with Gasteiger partial charge >= 0.3 is 0 Å². The summed E-state index contributed by atoms with van der Waals surface area (Å²) in [5, 5.41) is 3.04. The van der Waals surface area contributed by atoms with Crippen molar-refractivity contribution in [2.45, 2.75) is 12.8 Å². The summed E-state index contributed by atoms with van der Waals surface area (Å²) in [4.78, 5) is 16.3. The van der Waals surface area contributed by atoms with E-state index in [9.17, 15) is 13.6 Å². The molecule has 3 aromatic rings. The molecule has 3 rings (SSSR count). The number of alkyl halides is 2. The lowest BCUT2D eigenvalue weighted by Crippen LogP contribution is -2.34. The van der Waals surface area contributed by atoms with Gasteiger partial charge in [0.25, 0.3) is 11.8 Å². The van der Waals surface area contributed by atoms with Gasteiger partial charge in [-0.1, -0.05) is 23.2 Å². The minimum Gasteiger partial charge on any atom is -0.436 e. The Hall–Kier alpha value is -2.18. The van der Waals surface area contributed by atoms with E-state index in [2.05, 4.69) is 10.3 Å². The second-order valence-corrected chi connectivity index (χ2v) is 6.49. The highest BCUT2D eigenvalue weighted by Gasteiger charge is 2.22. The quantitative estimate of drug-likeness (QED) is 0.673. The van der Waals surface area contributed by atoms with Gasteiger partial charge in [-0.05, 0) is 36.4 Å². The van der Waals surface area contributed by atoms with Crippen LogP contribution in [0.2, 0.25) is 10.0 Å². The number of nitrogens with one attached hydrogen (secondary N) is 1. The molecule has 0 bridgehead atoms. The van der Waals surface area contributed by atoms with Gasteiger partial charge in [0.1, 0.15) is 5.52 Å². The minimum absolute atomic E-state index is 0.198. The van der Waals surface area contributed by atoms with Gasteiger partial charge in [-0.25, -0.2) is 13.8 Å². The molecule has 0 fully saturated rings. The van der Waals surface area contributed by atoms with E-state index in [1.54, 1.807) is 24.3 Å². The molecular weight excluding hydrogens is 373 g/mol. The maximum Gasteiger partial charge on any atom is 0.262 e. The highest BCUT2D eigenvalue weighted by molar-refractivity contribution is 6.35. The van der Waals surface area contributed by atoms with E-state index in [0.717, 1.165) is 6.92 Å². The Labute approximate surface area is 151 Å². The number of carbonyl (C=O) groups is 1. The molecule has 1 N–H and O–H groups in total. The fraction of sp³-hybridized carbons (Fsp3) is 0.176. The largest absolute Gasteiger partial charge is 0.436 e. The molecule has 0 aliphatic heterocycles. The lowest BCUT2D eigenvalue weighted by Gasteiger charge is -2.11. The van der Waals surface area contributed by atoms with Crippen molar-refractivity contribution in [2.75, 3.05) is 6.54 Å². The Balaban J connectivity index is 1.90. The molecule has 1 aromatic heterocycles. The van der Waals surface area contributed by atoms with Crippen LogP contribution in [0.25, 0.3) is 22.6 Å². The van der Waals surface area contributed by atoms with Crippen molar-refractivity contribution in [3.05, 3.63) is 52.0 Å². The number of oxazole rings is 1. The number of halogens is 4. The van der Waals surface area contributed by atoms with E-state index < -0.39 is 18.4 Å². The predicted molar refractivity (Wildman–Crippen MR) is 92.4 cm³/mol. The Morgan fingerprint density at radius 2 is 1.88 bits per heavy atom. The normalized spacial score (nSPS) is 11.7. The molecule has 1 heterocycles. The third-order valence-electron chi connectivity index (χ3n) is 3.32. The number of amides is 1. The highest BCUT2D eigenvalue weighted by Crippen LogP contribution is 2.29. The molecular formula is C17H12Cl2F2N2O2.